The number of hydrogen-bond donors (Lipinski definition) is 2. The number of nitrogens with zero attached hydrogens (tertiary/aromatic N) is 2. The van der Waals surface area contributed by atoms with Crippen LogP contribution >= 0.6 is 11.3 Å². The zero-order chi connectivity index (χ0) is 24.8. The predicted octanol–water partition coefficient (Wildman–Crippen LogP) is 3.04. The van der Waals surface area contributed by atoms with Crippen molar-refractivity contribution in [1.82, 2.24) is 15.2 Å². The van der Waals surface area contributed by atoms with E-state index in [1.54, 1.807) is 42.7 Å². The number of aryl methyl sites for hydroxylation is 1. The van der Waals surface area contributed by atoms with Gasteiger partial charge in [-0.3, -0.25) is 9.59 Å². The number of carbonyl (C=O) groups is 2. The smallest absolute Gasteiger partial charge is 0.254 e. The fraction of sp³-hybridized carbons (Fsp3) is 0.346. The van der Waals surface area contributed by atoms with Crippen LogP contribution in [0.2, 0.25) is 0 Å². The Morgan fingerprint density at radius 2 is 2.00 bits per heavy atom. The molecule has 2 N–H and O–H groups in total. The van der Waals surface area contributed by atoms with E-state index >= 15 is 0 Å². The molecule has 0 saturated carbocycles. The number of ether oxygens (including phenoxy) is 2. The molecule has 35 heavy (non-hydrogen) atoms. The van der Waals surface area contributed by atoms with E-state index in [4.69, 9.17) is 9.47 Å². The number of likely N-dealkylation sites (tertiary alicyclic amines) is 1. The quantitative estimate of drug-likeness (QED) is 0.443. The van der Waals surface area contributed by atoms with Crippen LogP contribution in [0.3, 0.4) is 0 Å². The molecular formula is C26H29N3O5S. The molecule has 184 valence electrons. The van der Waals surface area contributed by atoms with E-state index in [1.165, 1.54) is 4.90 Å². The number of amides is 2. The van der Waals surface area contributed by atoms with Gasteiger partial charge in [-0.25, -0.2) is 4.98 Å². The van der Waals surface area contributed by atoms with Crippen molar-refractivity contribution in [2.45, 2.75) is 32.0 Å². The number of rotatable bonds is 9. The lowest BCUT2D eigenvalue weighted by Gasteiger charge is -2.24. The molecule has 3 aromatic rings. The Morgan fingerprint density at radius 1 is 1.20 bits per heavy atom. The molecule has 1 aliphatic rings. The molecular weight excluding hydrogens is 466 g/mol. The van der Waals surface area contributed by atoms with E-state index in [-0.39, 0.29) is 24.8 Å². The van der Waals surface area contributed by atoms with Gasteiger partial charge in [0.15, 0.2) is 0 Å². The minimum Gasteiger partial charge on any atom is -0.491 e. The Hall–Kier alpha value is -3.27. The van der Waals surface area contributed by atoms with Gasteiger partial charge in [-0.1, -0.05) is 30.3 Å². The van der Waals surface area contributed by atoms with Crippen LogP contribution in [0.1, 0.15) is 28.0 Å². The number of methoxy groups -OCH3 is 1. The van der Waals surface area contributed by atoms with Crippen molar-refractivity contribution >= 4 is 23.2 Å². The summed E-state index contributed by atoms with van der Waals surface area (Å²) in [5.74, 6) is -0.0569. The van der Waals surface area contributed by atoms with E-state index in [0.717, 1.165) is 21.7 Å². The number of aromatic nitrogens is 1. The lowest BCUT2D eigenvalue weighted by Crippen LogP contribution is -2.45. The number of thiazole rings is 1. The summed E-state index contributed by atoms with van der Waals surface area (Å²) in [6.45, 7) is 3.22. The van der Waals surface area contributed by atoms with Gasteiger partial charge in [0.2, 0.25) is 5.91 Å². The molecule has 4 rings (SSSR count). The second-order valence-electron chi connectivity index (χ2n) is 8.41. The second-order valence-corrected chi connectivity index (χ2v) is 9.27. The standard InChI is InChI=1S/C26H29N3O5S/c1-17-24(35-16-28-17)19-8-6-18(7-9-19)14-27-25(31)23-13-21(30)15-29(23)26(32)20-4-3-5-22(12-20)34-11-10-33-2/h3-9,12,16,21,23,30H,10-11,13-15H2,1-2H3,(H,27,31)/t21-,23?/m1/s1. The maximum absolute atomic E-state index is 13.2. The number of aliphatic hydroxyl groups excluding tert-OH is 1. The highest BCUT2D eigenvalue weighted by Crippen LogP contribution is 2.27. The Morgan fingerprint density at radius 3 is 2.71 bits per heavy atom. The Kier molecular flexibility index (Phi) is 8.12. The Labute approximate surface area is 208 Å². The molecule has 1 aliphatic heterocycles. The van der Waals surface area contributed by atoms with Crippen molar-refractivity contribution < 1.29 is 24.2 Å². The fourth-order valence-electron chi connectivity index (χ4n) is 4.07. The third-order valence-electron chi connectivity index (χ3n) is 5.91. The molecule has 1 aromatic heterocycles. The third kappa shape index (κ3) is 6.05. The number of nitrogens with one attached hydrogen (secondary N) is 1. The van der Waals surface area contributed by atoms with Gasteiger partial charge < -0.3 is 24.8 Å². The average Bonchev–Trinajstić information content (AvgIpc) is 3.48. The minimum absolute atomic E-state index is 0.106. The zero-order valence-electron chi connectivity index (χ0n) is 19.8. The first-order valence-electron chi connectivity index (χ1n) is 11.4. The molecule has 1 fully saturated rings. The van der Waals surface area contributed by atoms with E-state index in [0.29, 0.717) is 31.1 Å². The van der Waals surface area contributed by atoms with Crippen LogP contribution in [-0.2, 0) is 16.1 Å². The molecule has 1 saturated heterocycles. The van der Waals surface area contributed by atoms with Gasteiger partial charge in [-0.05, 0) is 36.2 Å². The summed E-state index contributed by atoms with van der Waals surface area (Å²) in [7, 11) is 1.59. The van der Waals surface area contributed by atoms with Gasteiger partial charge in [-0.15, -0.1) is 11.3 Å². The van der Waals surface area contributed by atoms with E-state index in [2.05, 4.69) is 10.3 Å². The third-order valence-corrected chi connectivity index (χ3v) is 6.89. The Balaban J connectivity index is 1.38. The number of benzene rings is 2. The van der Waals surface area contributed by atoms with Gasteiger partial charge >= 0.3 is 0 Å². The van der Waals surface area contributed by atoms with Gasteiger partial charge in [-0.2, -0.15) is 0 Å². The van der Waals surface area contributed by atoms with Crippen molar-refractivity contribution in [2.75, 3.05) is 26.9 Å². The molecule has 9 heteroatoms. The van der Waals surface area contributed by atoms with Crippen LogP contribution in [0, 0.1) is 6.92 Å². The summed E-state index contributed by atoms with van der Waals surface area (Å²) in [4.78, 5) is 33.0. The van der Waals surface area contributed by atoms with Crippen LogP contribution in [-0.4, -0.2) is 65.8 Å². The number of hydrogen-bond acceptors (Lipinski definition) is 7. The van der Waals surface area contributed by atoms with E-state index in [1.807, 2.05) is 36.7 Å². The van der Waals surface area contributed by atoms with Crippen LogP contribution in [0.5, 0.6) is 5.75 Å². The summed E-state index contributed by atoms with van der Waals surface area (Å²) in [6, 6.07) is 14.0. The van der Waals surface area contributed by atoms with Crippen molar-refractivity contribution in [3.8, 4) is 16.2 Å². The molecule has 0 radical (unpaired) electrons. The molecule has 0 bridgehead atoms. The first kappa shape index (κ1) is 24.8. The molecule has 2 heterocycles. The van der Waals surface area contributed by atoms with Crippen LogP contribution in [0.4, 0.5) is 0 Å². The molecule has 0 spiro atoms. The van der Waals surface area contributed by atoms with Crippen molar-refractivity contribution in [3.05, 3.63) is 70.9 Å². The largest absolute Gasteiger partial charge is 0.491 e. The summed E-state index contributed by atoms with van der Waals surface area (Å²) < 4.78 is 10.6. The zero-order valence-corrected chi connectivity index (χ0v) is 20.6. The lowest BCUT2D eigenvalue weighted by atomic mass is 10.1. The first-order valence-corrected chi connectivity index (χ1v) is 12.3. The summed E-state index contributed by atoms with van der Waals surface area (Å²) in [5.41, 5.74) is 5.26. The highest BCUT2D eigenvalue weighted by Gasteiger charge is 2.39. The van der Waals surface area contributed by atoms with Gasteiger partial charge in [0, 0.05) is 32.2 Å². The first-order chi connectivity index (χ1) is 17.0. The lowest BCUT2D eigenvalue weighted by molar-refractivity contribution is -0.125. The van der Waals surface area contributed by atoms with Crippen molar-refractivity contribution in [3.63, 3.8) is 0 Å². The molecule has 2 atom stereocenters. The van der Waals surface area contributed by atoms with Gasteiger partial charge in [0.25, 0.3) is 5.91 Å². The summed E-state index contributed by atoms with van der Waals surface area (Å²) in [5, 5.41) is 13.1. The van der Waals surface area contributed by atoms with Crippen molar-refractivity contribution in [2.24, 2.45) is 0 Å². The molecule has 1 unspecified atom stereocenters. The fourth-order valence-corrected chi connectivity index (χ4v) is 4.89. The molecule has 0 aliphatic carbocycles. The monoisotopic (exact) mass is 495 g/mol. The van der Waals surface area contributed by atoms with Gasteiger partial charge in [0.1, 0.15) is 18.4 Å². The van der Waals surface area contributed by atoms with Crippen molar-refractivity contribution in [1.29, 1.82) is 0 Å². The molecule has 8 nitrogen and oxygen atoms in total. The predicted molar refractivity (Wildman–Crippen MR) is 133 cm³/mol. The van der Waals surface area contributed by atoms with Crippen LogP contribution in [0.15, 0.2) is 54.0 Å². The summed E-state index contributed by atoms with van der Waals surface area (Å²) >= 11 is 1.59. The van der Waals surface area contributed by atoms with Gasteiger partial charge in [0.05, 0.1) is 28.8 Å². The number of carbonyl (C=O) groups excluding carboxylic acids is 2. The molecule has 2 amide bonds. The maximum Gasteiger partial charge on any atom is 0.254 e. The normalized spacial score (nSPS) is 17.4. The highest BCUT2D eigenvalue weighted by molar-refractivity contribution is 7.13. The van der Waals surface area contributed by atoms with Crippen LogP contribution in [0.25, 0.3) is 10.4 Å². The second kappa shape index (κ2) is 11.4. The maximum atomic E-state index is 13.2. The SMILES string of the molecule is COCCOc1cccc(C(=O)N2C[C@H](O)CC2C(=O)NCc2ccc(-c3scnc3C)cc2)c1. The van der Waals surface area contributed by atoms with Crippen LogP contribution < -0.4 is 10.1 Å². The molecule has 2 aromatic carbocycles. The van der Waals surface area contributed by atoms with E-state index in [9.17, 15) is 14.7 Å². The van der Waals surface area contributed by atoms with E-state index < -0.39 is 12.1 Å². The number of aliphatic hydroxyl groups is 1. The summed E-state index contributed by atoms with van der Waals surface area (Å²) in [6.07, 6.45) is -0.552. The topological polar surface area (TPSA) is 101 Å². The number of β-amino-alcohol motifs (C(OH)–C–C–N with tert-alkyl or cyclic N) is 1. The highest BCUT2D eigenvalue weighted by atomic mass is 32.1. The average molecular weight is 496 g/mol. The Bertz CT molecular complexity index is 1160. The minimum atomic E-state index is -0.752.